The summed E-state index contributed by atoms with van der Waals surface area (Å²) in [5.41, 5.74) is 0.581. The molecule has 0 bridgehead atoms. The number of carbonyl (C=O) groups is 1. The molecule has 0 fully saturated rings. The maximum Gasteiger partial charge on any atom is 0.269 e. The van der Waals surface area contributed by atoms with Gasteiger partial charge in [0.2, 0.25) is 0 Å². The van der Waals surface area contributed by atoms with E-state index in [-0.39, 0.29) is 17.7 Å². The van der Waals surface area contributed by atoms with E-state index in [4.69, 9.17) is 0 Å². The van der Waals surface area contributed by atoms with Gasteiger partial charge in [0.05, 0.1) is 4.92 Å². The van der Waals surface area contributed by atoms with Gasteiger partial charge in [-0.25, -0.2) is 4.98 Å². The van der Waals surface area contributed by atoms with Gasteiger partial charge in [-0.05, 0) is 12.5 Å². The van der Waals surface area contributed by atoms with Crippen LogP contribution in [-0.2, 0) is 17.6 Å². The molecule has 0 aliphatic rings. The second-order valence-electron chi connectivity index (χ2n) is 4.73. The fourth-order valence-electron chi connectivity index (χ4n) is 2.03. The Hall–Kier alpha value is -3.03. The fourth-order valence-corrected chi connectivity index (χ4v) is 2.03. The maximum atomic E-state index is 11.9. The van der Waals surface area contributed by atoms with E-state index >= 15 is 0 Å². The molecule has 0 spiro atoms. The molecular formula is C14H12N3O5-. The first-order chi connectivity index (χ1) is 10.4. The minimum Gasteiger partial charge on any atom is -0.550 e. The molecule has 1 aromatic heterocycles. The zero-order chi connectivity index (χ0) is 16.3. The summed E-state index contributed by atoms with van der Waals surface area (Å²) in [7, 11) is 0. The van der Waals surface area contributed by atoms with E-state index in [0.29, 0.717) is 11.5 Å². The van der Waals surface area contributed by atoms with E-state index in [9.17, 15) is 24.8 Å². The molecule has 8 nitrogen and oxygen atoms in total. The van der Waals surface area contributed by atoms with Gasteiger partial charge in [0.1, 0.15) is 5.82 Å². The smallest absolute Gasteiger partial charge is 0.269 e. The monoisotopic (exact) mass is 302 g/mol. The molecule has 1 heterocycles. The number of aromatic amines is 1. The van der Waals surface area contributed by atoms with E-state index in [0.717, 1.165) is 5.56 Å². The Morgan fingerprint density at radius 1 is 1.32 bits per heavy atom. The van der Waals surface area contributed by atoms with Crippen LogP contribution >= 0.6 is 0 Å². The van der Waals surface area contributed by atoms with Crippen molar-refractivity contribution in [3.8, 4) is 0 Å². The molecule has 0 unspecified atom stereocenters. The third-order valence-corrected chi connectivity index (χ3v) is 3.11. The van der Waals surface area contributed by atoms with Gasteiger partial charge in [-0.2, -0.15) is 0 Å². The van der Waals surface area contributed by atoms with Crippen LogP contribution in [0.25, 0.3) is 0 Å². The lowest BCUT2D eigenvalue weighted by atomic mass is 10.1. The maximum absolute atomic E-state index is 11.9. The summed E-state index contributed by atoms with van der Waals surface area (Å²) in [6, 6.07) is 5.88. The zero-order valence-electron chi connectivity index (χ0n) is 11.7. The largest absolute Gasteiger partial charge is 0.550 e. The van der Waals surface area contributed by atoms with Crippen molar-refractivity contribution >= 4 is 11.7 Å². The van der Waals surface area contributed by atoms with Crippen molar-refractivity contribution in [1.82, 2.24) is 9.97 Å². The van der Waals surface area contributed by atoms with Crippen molar-refractivity contribution in [3.05, 3.63) is 67.4 Å². The summed E-state index contributed by atoms with van der Waals surface area (Å²) in [6.45, 7) is 1.55. The number of nitrogens with zero attached hydrogens (tertiary/aromatic N) is 2. The summed E-state index contributed by atoms with van der Waals surface area (Å²) >= 11 is 0. The number of nitro benzene ring substituents is 1. The van der Waals surface area contributed by atoms with Crippen LogP contribution in [0.4, 0.5) is 5.69 Å². The molecule has 2 aromatic rings. The molecule has 1 N–H and O–H groups in total. The van der Waals surface area contributed by atoms with E-state index < -0.39 is 22.9 Å². The fraction of sp³-hybridized carbons (Fsp3) is 0.214. The van der Waals surface area contributed by atoms with Crippen LogP contribution in [0.1, 0.15) is 22.6 Å². The summed E-state index contributed by atoms with van der Waals surface area (Å²) in [4.78, 5) is 39.2. The standard InChI is InChI=1S/C14H13N3O5/c1-8-11(7-13(18)19)14(20)16-12(15-8)6-9-2-4-10(5-3-9)17(21)22/h2-5H,6-7H2,1H3,(H,18,19)(H,15,16,20)/p-1. The molecule has 22 heavy (non-hydrogen) atoms. The topological polar surface area (TPSA) is 129 Å². The number of nitro groups is 1. The van der Waals surface area contributed by atoms with Crippen LogP contribution in [0.3, 0.4) is 0 Å². The van der Waals surface area contributed by atoms with Crippen LogP contribution in [0.2, 0.25) is 0 Å². The Balaban J connectivity index is 2.25. The first-order valence-electron chi connectivity index (χ1n) is 6.38. The third-order valence-electron chi connectivity index (χ3n) is 3.11. The molecule has 0 aliphatic heterocycles. The van der Waals surface area contributed by atoms with E-state index in [1.54, 1.807) is 19.1 Å². The van der Waals surface area contributed by atoms with Gasteiger partial charge >= 0.3 is 0 Å². The number of hydrogen-bond acceptors (Lipinski definition) is 6. The van der Waals surface area contributed by atoms with Crippen LogP contribution in [0.15, 0.2) is 29.1 Å². The van der Waals surface area contributed by atoms with Gasteiger partial charge in [-0.1, -0.05) is 12.1 Å². The van der Waals surface area contributed by atoms with Crippen molar-refractivity contribution in [1.29, 1.82) is 0 Å². The molecule has 0 aliphatic carbocycles. The average molecular weight is 302 g/mol. The minimum atomic E-state index is -1.35. The minimum absolute atomic E-state index is 0.0225. The molecule has 114 valence electrons. The summed E-state index contributed by atoms with van der Waals surface area (Å²) in [5.74, 6) is -0.989. The number of aliphatic carboxylic acids is 1. The number of carboxylic acids is 1. The number of rotatable bonds is 5. The quantitative estimate of drug-likeness (QED) is 0.605. The lowest BCUT2D eigenvalue weighted by Crippen LogP contribution is -2.29. The van der Waals surface area contributed by atoms with Crippen molar-refractivity contribution in [3.63, 3.8) is 0 Å². The number of non-ortho nitro benzene ring substituents is 1. The number of aromatic nitrogens is 2. The Morgan fingerprint density at radius 3 is 2.45 bits per heavy atom. The second-order valence-corrected chi connectivity index (χ2v) is 4.73. The van der Waals surface area contributed by atoms with Crippen molar-refractivity contribution in [2.75, 3.05) is 0 Å². The van der Waals surface area contributed by atoms with Gasteiger partial charge in [0, 0.05) is 42.2 Å². The van der Waals surface area contributed by atoms with E-state index in [1.165, 1.54) is 12.1 Å². The number of carboxylic acid groups (broad SMARTS) is 1. The highest BCUT2D eigenvalue weighted by atomic mass is 16.6. The lowest BCUT2D eigenvalue weighted by molar-refractivity contribution is -0.384. The molecule has 0 saturated carbocycles. The molecule has 2 rings (SSSR count). The van der Waals surface area contributed by atoms with Crippen molar-refractivity contribution in [2.24, 2.45) is 0 Å². The first-order valence-corrected chi connectivity index (χ1v) is 6.38. The zero-order valence-corrected chi connectivity index (χ0v) is 11.7. The van der Waals surface area contributed by atoms with Gasteiger partial charge in [-0.3, -0.25) is 14.9 Å². The molecule has 0 amide bonds. The van der Waals surface area contributed by atoms with Crippen LogP contribution in [-0.4, -0.2) is 20.9 Å². The number of nitrogens with one attached hydrogen (secondary N) is 1. The van der Waals surface area contributed by atoms with Gasteiger partial charge < -0.3 is 14.9 Å². The Morgan fingerprint density at radius 2 is 1.95 bits per heavy atom. The Labute approximate surface area is 124 Å². The van der Waals surface area contributed by atoms with Gasteiger partial charge in [0.15, 0.2) is 0 Å². The predicted molar refractivity (Wildman–Crippen MR) is 74.2 cm³/mol. The van der Waals surface area contributed by atoms with E-state index in [1.807, 2.05) is 0 Å². The Bertz CT molecular complexity index is 780. The number of carbonyl (C=O) groups excluding carboxylic acids is 1. The van der Waals surface area contributed by atoms with Gasteiger partial charge in [0.25, 0.3) is 11.2 Å². The molecule has 8 heteroatoms. The predicted octanol–water partition coefficient (Wildman–Crippen LogP) is -0.130. The number of hydrogen-bond donors (Lipinski definition) is 1. The molecule has 0 radical (unpaired) electrons. The van der Waals surface area contributed by atoms with Crippen LogP contribution < -0.4 is 10.7 Å². The van der Waals surface area contributed by atoms with Crippen molar-refractivity contribution < 1.29 is 14.8 Å². The highest BCUT2D eigenvalue weighted by molar-refractivity contribution is 5.68. The van der Waals surface area contributed by atoms with E-state index in [2.05, 4.69) is 9.97 Å². The summed E-state index contributed by atoms with van der Waals surface area (Å²) in [6.07, 6.45) is -0.217. The van der Waals surface area contributed by atoms with Crippen molar-refractivity contribution in [2.45, 2.75) is 19.8 Å². The number of aryl methyl sites for hydroxylation is 1. The van der Waals surface area contributed by atoms with Gasteiger partial charge in [-0.15, -0.1) is 0 Å². The highest BCUT2D eigenvalue weighted by Gasteiger charge is 2.10. The molecule has 1 aromatic carbocycles. The molecule has 0 saturated heterocycles. The summed E-state index contributed by atoms with van der Waals surface area (Å²) < 4.78 is 0. The molecule has 0 atom stereocenters. The summed E-state index contributed by atoms with van der Waals surface area (Å²) in [5, 5.41) is 21.2. The highest BCUT2D eigenvalue weighted by Crippen LogP contribution is 2.13. The average Bonchev–Trinajstić information content (AvgIpc) is 2.43. The van der Waals surface area contributed by atoms with Crippen LogP contribution in [0, 0.1) is 17.0 Å². The normalized spacial score (nSPS) is 10.4. The molecular weight excluding hydrogens is 290 g/mol. The SMILES string of the molecule is Cc1nc(Cc2ccc([N+](=O)[O-])cc2)[nH]c(=O)c1CC(=O)[O-]. The first kappa shape index (κ1) is 15.4. The second kappa shape index (κ2) is 6.17. The van der Waals surface area contributed by atoms with Crippen LogP contribution in [0.5, 0.6) is 0 Å². The number of benzene rings is 1. The Kier molecular flexibility index (Phi) is 4.31. The third kappa shape index (κ3) is 3.54. The lowest BCUT2D eigenvalue weighted by Gasteiger charge is -2.08. The number of H-pyrrole nitrogens is 1.